The lowest BCUT2D eigenvalue weighted by Gasteiger charge is -2.08. The molecule has 1 aromatic heterocycles. The average Bonchev–Trinajstić information content (AvgIpc) is 2.76. The first kappa shape index (κ1) is 13.4. The summed E-state index contributed by atoms with van der Waals surface area (Å²) in [6.45, 7) is 2.71. The van der Waals surface area contributed by atoms with Crippen molar-refractivity contribution in [3.8, 4) is 6.07 Å². The normalized spacial score (nSPS) is 10.2. The molecule has 0 aliphatic heterocycles. The predicted octanol–water partition coefficient (Wildman–Crippen LogP) is 3.12. The van der Waals surface area contributed by atoms with E-state index in [0.29, 0.717) is 17.1 Å². The molecular weight excluding hydrogens is 260 g/mol. The van der Waals surface area contributed by atoms with Crippen LogP contribution in [0.3, 0.4) is 0 Å². The fourth-order valence-corrected chi connectivity index (χ4v) is 2.22. The molecule has 1 aromatic carbocycles. The highest BCUT2D eigenvalue weighted by Crippen LogP contribution is 2.24. The van der Waals surface area contributed by atoms with Crippen LogP contribution in [0.4, 0.5) is 5.69 Å². The first-order chi connectivity index (χ1) is 9.15. The number of anilines is 1. The molecule has 0 radical (unpaired) electrons. The number of nitrogens with one attached hydrogen (secondary N) is 1. The summed E-state index contributed by atoms with van der Waals surface area (Å²) in [6, 6.07) is 7.52. The Hall–Kier alpha value is -1.99. The molecule has 19 heavy (non-hydrogen) atoms. The van der Waals surface area contributed by atoms with Crippen molar-refractivity contribution in [2.24, 2.45) is 7.05 Å². The second kappa shape index (κ2) is 5.77. The molecule has 4 nitrogen and oxygen atoms in total. The van der Waals surface area contributed by atoms with Gasteiger partial charge in [-0.25, -0.2) is 0 Å². The van der Waals surface area contributed by atoms with Crippen LogP contribution in [0.15, 0.2) is 24.4 Å². The molecule has 0 fully saturated rings. The summed E-state index contributed by atoms with van der Waals surface area (Å²) in [6.07, 6.45) is 2.88. The van der Waals surface area contributed by atoms with Gasteiger partial charge in [-0.05, 0) is 18.6 Å². The van der Waals surface area contributed by atoms with E-state index in [9.17, 15) is 0 Å². The van der Waals surface area contributed by atoms with Gasteiger partial charge in [0.15, 0.2) is 0 Å². The van der Waals surface area contributed by atoms with Crippen molar-refractivity contribution in [2.45, 2.75) is 19.9 Å². The predicted molar refractivity (Wildman–Crippen MR) is 76.1 cm³/mol. The Kier molecular flexibility index (Phi) is 4.08. The van der Waals surface area contributed by atoms with Crippen molar-refractivity contribution in [3.05, 3.63) is 46.2 Å². The van der Waals surface area contributed by atoms with Crippen LogP contribution in [0.1, 0.15) is 23.7 Å². The Morgan fingerprint density at radius 1 is 1.47 bits per heavy atom. The van der Waals surface area contributed by atoms with E-state index in [1.807, 2.05) is 25.4 Å². The van der Waals surface area contributed by atoms with E-state index >= 15 is 0 Å². The maximum absolute atomic E-state index is 9.11. The number of aryl methyl sites for hydroxylation is 2. The molecule has 1 heterocycles. The molecule has 0 amide bonds. The van der Waals surface area contributed by atoms with Crippen LogP contribution >= 0.6 is 11.6 Å². The van der Waals surface area contributed by atoms with Gasteiger partial charge < -0.3 is 5.32 Å². The van der Waals surface area contributed by atoms with E-state index < -0.39 is 0 Å². The van der Waals surface area contributed by atoms with Gasteiger partial charge in [0.2, 0.25) is 0 Å². The monoisotopic (exact) mass is 274 g/mol. The lowest BCUT2D eigenvalue weighted by atomic mass is 10.1. The zero-order valence-corrected chi connectivity index (χ0v) is 11.7. The average molecular weight is 275 g/mol. The van der Waals surface area contributed by atoms with Crippen molar-refractivity contribution in [2.75, 3.05) is 5.32 Å². The molecular formula is C14H15ClN4. The van der Waals surface area contributed by atoms with E-state index in [-0.39, 0.29) is 0 Å². The van der Waals surface area contributed by atoms with Gasteiger partial charge in [-0.3, -0.25) is 4.68 Å². The minimum absolute atomic E-state index is 0.467. The van der Waals surface area contributed by atoms with Crippen LogP contribution in [0, 0.1) is 11.3 Å². The van der Waals surface area contributed by atoms with E-state index in [0.717, 1.165) is 23.4 Å². The third kappa shape index (κ3) is 2.88. The Morgan fingerprint density at radius 2 is 2.26 bits per heavy atom. The first-order valence-corrected chi connectivity index (χ1v) is 6.47. The molecule has 0 bridgehead atoms. The molecule has 0 unspecified atom stereocenters. The van der Waals surface area contributed by atoms with E-state index in [1.165, 1.54) is 0 Å². The summed E-state index contributed by atoms with van der Waals surface area (Å²) in [5.74, 6) is 0. The summed E-state index contributed by atoms with van der Waals surface area (Å²) in [4.78, 5) is 0. The fourth-order valence-electron chi connectivity index (χ4n) is 2.00. The van der Waals surface area contributed by atoms with Crippen LogP contribution in [-0.4, -0.2) is 9.78 Å². The third-order valence-electron chi connectivity index (χ3n) is 2.92. The second-order valence-electron chi connectivity index (χ2n) is 4.26. The Morgan fingerprint density at radius 3 is 2.95 bits per heavy atom. The summed E-state index contributed by atoms with van der Waals surface area (Å²) >= 11 is 5.99. The van der Waals surface area contributed by atoms with Gasteiger partial charge in [-0.2, -0.15) is 10.4 Å². The lowest BCUT2D eigenvalue weighted by Crippen LogP contribution is -2.03. The SMILES string of the molecule is CCc1nn(C)cc1CNc1cccc(Cl)c1C#N. The molecule has 0 saturated carbocycles. The lowest BCUT2D eigenvalue weighted by molar-refractivity contribution is 0.746. The van der Waals surface area contributed by atoms with Crippen LogP contribution in [-0.2, 0) is 20.0 Å². The van der Waals surface area contributed by atoms with Crippen molar-refractivity contribution < 1.29 is 0 Å². The highest BCUT2D eigenvalue weighted by atomic mass is 35.5. The van der Waals surface area contributed by atoms with Gasteiger partial charge in [0.05, 0.1) is 22.0 Å². The summed E-state index contributed by atoms with van der Waals surface area (Å²) in [5, 5.41) is 17.2. The van der Waals surface area contributed by atoms with Crippen LogP contribution in [0.2, 0.25) is 5.02 Å². The van der Waals surface area contributed by atoms with Gasteiger partial charge in [0.25, 0.3) is 0 Å². The van der Waals surface area contributed by atoms with E-state index in [1.54, 1.807) is 10.7 Å². The Labute approximate surface area is 117 Å². The van der Waals surface area contributed by atoms with Crippen LogP contribution in [0.5, 0.6) is 0 Å². The van der Waals surface area contributed by atoms with Gasteiger partial charge in [0, 0.05) is 25.4 Å². The van der Waals surface area contributed by atoms with E-state index in [2.05, 4.69) is 23.4 Å². The molecule has 98 valence electrons. The second-order valence-corrected chi connectivity index (χ2v) is 4.66. The van der Waals surface area contributed by atoms with Gasteiger partial charge >= 0.3 is 0 Å². The number of rotatable bonds is 4. The minimum atomic E-state index is 0.467. The minimum Gasteiger partial charge on any atom is -0.380 e. The quantitative estimate of drug-likeness (QED) is 0.932. The number of halogens is 1. The maximum Gasteiger partial charge on any atom is 0.103 e. The molecule has 2 rings (SSSR count). The molecule has 0 atom stereocenters. The molecule has 1 N–H and O–H groups in total. The number of aromatic nitrogens is 2. The Balaban J connectivity index is 2.19. The van der Waals surface area contributed by atoms with Crippen molar-refractivity contribution in [1.82, 2.24) is 9.78 Å². The highest BCUT2D eigenvalue weighted by molar-refractivity contribution is 6.32. The number of hydrogen-bond donors (Lipinski definition) is 1. The number of nitriles is 1. The van der Waals surface area contributed by atoms with Crippen molar-refractivity contribution in [3.63, 3.8) is 0 Å². The maximum atomic E-state index is 9.11. The summed E-state index contributed by atoms with van der Waals surface area (Å²) in [7, 11) is 1.91. The van der Waals surface area contributed by atoms with Gasteiger partial charge in [-0.15, -0.1) is 0 Å². The third-order valence-corrected chi connectivity index (χ3v) is 3.24. The Bertz CT molecular complexity index is 625. The molecule has 5 heteroatoms. The van der Waals surface area contributed by atoms with E-state index in [4.69, 9.17) is 16.9 Å². The summed E-state index contributed by atoms with van der Waals surface area (Å²) < 4.78 is 1.80. The van der Waals surface area contributed by atoms with Crippen molar-refractivity contribution >= 4 is 17.3 Å². The molecule has 2 aromatic rings. The highest BCUT2D eigenvalue weighted by Gasteiger charge is 2.09. The largest absolute Gasteiger partial charge is 0.380 e. The zero-order chi connectivity index (χ0) is 13.8. The van der Waals surface area contributed by atoms with Crippen LogP contribution in [0.25, 0.3) is 0 Å². The number of benzene rings is 1. The topological polar surface area (TPSA) is 53.6 Å². The standard InChI is InChI=1S/C14H15ClN4/c1-3-13-10(9-19(2)18-13)8-17-14-6-4-5-12(15)11(14)7-16/h4-6,9,17H,3,8H2,1-2H3. The fraction of sp³-hybridized carbons (Fsp3) is 0.286. The smallest absolute Gasteiger partial charge is 0.103 e. The summed E-state index contributed by atoms with van der Waals surface area (Å²) in [5.41, 5.74) is 3.43. The number of hydrogen-bond acceptors (Lipinski definition) is 3. The molecule has 0 aliphatic carbocycles. The van der Waals surface area contributed by atoms with Crippen LogP contribution < -0.4 is 5.32 Å². The van der Waals surface area contributed by atoms with Gasteiger partial charge in [0.1, 0.15) is 6.07 Å². The first-order valence-electron chi connectivity index (χ1n) is 6.09. The van der Waals surface area contributed by atoms with Crippen molar-refractivity contribution in [1.29, 1.82) is 5.26 Å². The molecule has 0 aliphatic rings. The zero-order valence-electron chi connectivity index (χ0n) is 10.9. The molecule has 0 saturated heterocycles. The number of nitrogens with zero attached hydrogens (tertiary/aromatic N) is 3. The molecule has 0 spiro atoms. The van der Waals surface area contributed by atoms with Gasteiger partial charge in [-0.1, -0.05) is 24.6 Å².